The molecule has 0 fully saturated rings. The minimum absolute atomic E-state index is 0. The van der Waals surface area contributed by atoms with Gasteiger partial charge < -0.3 is 19.7 Å². The van der Waals surface area contributed by atoms with Gasteiger partial charge in [-0.3, -0.25) is 4.79 Å². The Kier molecular flexibility index (Phi) is 9.21. The van der Waals surface area contributed by atoms with E-state index in [-0.39, 0.29) is 18.3 Å². The Balaban J connectivity index is 0.00000342. The van der Waals surface area contributed by atoms with Crippen molar-refractivity contribution in [2.24, 2.45) is 0 Å². The SMILES string of the molecule is CCCN(CCc1cccc(NC(=O)c2ccccc2)c1)C1=Cc2c(OC)ccc(OC)c2C1.Cl. The summed E-state index contributed by atoms with van der Waals surface area (Å²) in [6.45, 7) is 4.08. The van der Waals surface area contributed by atoms with Crippen molar-refractivity contribution in [3.63, 3.8) is 0 Å². The van der Waals surface area contributed by atoms with E-state index in [1.807, 2.05) is 54.6 Å². The second-order valence-corrected chi connectivity index (χ2v) is 8.43. The third-order valence-electron chi connectivity index (χ3n) is 6.17. The Hall–Kier alpha value is -3.44. The van der Waals surface area contributed by atoms with Gasteiger partial charge in [0, 0.05) is 47.6 Å². The average Bonchev–Trinajstić information content (AvgIpc) is 3.32. The number of carbonyl (C=O) groups is 1. The summed E-state index contributed by atoms with van der Waals surface area (Å²) in [6, 6.07) is 21.3. The summed E-state index contributed by atoms with van der Waals surface area (Å²) in [7, 11) is 3.43. The van der Waals surface area contributed by atoms with Gasteiger partial charge in [-0.05, 0) is 60.9 Å². The summed E-state index contributed by atoms with van der Waals surface area (Å²) >= 11 is 0. The Bertz CT molecular complexity index is 1180. The topological polar surface area (TPSA) is 50.8 Å². The highest BCUT2D eigenvalue weighted by atomic mass is 35.5. The molecule has 1 N–H and O–H groups in total. The maximum absolute atomic E-state index is 12.5. The number of amides is 1. The molecular weight excluding hydrogens is 460 g/mol. The van der Waals surface area contributed by atoms with E-state index >= 15 is 0 Å². The van der Waals surface area contributed by atoms with Crippen LogP contribution in [0.2, 0.25) is 0 Å². The molecule has 0 aliphatic heterocycles. The van der Waals surface area contributed by atoms with Crippen molar-refractivity contribution in [2.45, 2.75) is 26.2 Å². The lowest BCUT2D eigenvalue weighted by atomic mass is 10.1. The number of nitrogens with one attached hydrogen (secondary N) is 1. The number of hydrogen-bond donors (Lipinski definition) is 1. The second kappa shape index (κ2) is 12.3. The van der Waals surface area contributed by atoms with Gasteiger partial charge in [-0.1, -0.05) is 37.3 Å². The lowest BCUT2D eigenvalue weighted by molar-refractivity contribution is 0.102. The zero-order valence-corrected chi connectivity index (χ0v) is 21.4. The maximum atomic E-state index is 12.5. The van der Waals surface area contributed by atoms with E-state index in [9.17, 15) is 4.79 Å². The minimum atomic E-state index is -0.0953. The molecule has 3 aromatic carbocycles. The lowest BCUT2D eigenvalue weighted by Crippen LogP contribution is -2.26. The van der Waals surface area contributed by atoms with E-state index in [2.05, 4.69) is 35.3 Å². The molecule has 0 spiro atoms. The number of anilines is 1. The molecule has 0 aromatic heterocycles. The lowest BCUT2D eigenvalue weighted by Gasteiger charge is -2.26. The fraction of sp³-hybridized carbons (Fsp3) is 0.276. The number of carbonyl (C=O) groups excluding carboxylic acids is 1. The van der Waals surface area contributed by atoms with E-state index in [0.717, 1.165) is 55.1 Å². The molecule has 0 heterocycles. The summed E-state index contributed by atoms with van der Waals surface area (Å²) in [4.78, 5) is 15.0. The Morgan fingerprint density at radius 1 is 0.943 bits per heavy atom. The van der Waals surface area contributed by atoms with Crippen LogP contribution < -0.4 is 14.8 Å². The summed E-state index contributed by atoms with van der Waals surface area (Å²) in [6.07, 6.45) is 5.03. The molecular formula is C29H33ClN2O3. The van der Waals surface area contributed by atoms with Crippen LogP contribution in [0, 0.1) is 0 Å². The molecule has 184 valence electrons. The zero-order valence-electron chi connectivity index (χ0n) is 20.5. The Labute approximate surface area is 214 Å². The highest BCUT2D eigenvalue weighted by Crippen LogP contribution is 2.39. The maximum Gasteiger partial charge on any atom is 0.255 e. The summed E-state index contributed by atoms with van der Waals surface area (Å²) < 4.78 is 11.2. The van der Waals surface area contributed by atoms with Gasteiger partial charge in [-0.25, -0.2) is 0 Å². The van der Waals surface area contributed by atoms with Gasteiger partial charge in [0.15, 0.2) is 0 Å². The van der Waals surface area contributed by atoms with E-state index in [1.165, 1.54) is 16.8 Å². The predicted molar refractivity (Wildman–Crippen MR) is 145 cm³/mol. The van der Waals surface area contributed by atoms with Crippen LogP contribution in [0.15, 0.2) is 72.4 Å². The van der Waals surface area contributed by atoms with Gasteiger partial charge in [-0.2, -0.15) is 0 Å². The van der Waals surface area contributed by atoms with Crippen molar-refractivity contribution in [3.05, 3.63) is 94.7 Å². The molecule has 0 bridgehead atoms. The standard InChI is InChI=1S/C29H32N2O3.ClH/c1-4-16-31(24-19-25-26(20-24)28(34-3)14-13-27(25)33-2)17-15-21-9-8-12-23(18-21)30-29(32)22-10-6-5-7-11-22;/h5-14,18-19H,4,15-17,20H2,1-3H3,(H,30,32);1H. The summed E-state index contributed by atoms with van der Waals surface area (Å²) in [5.74, 6) is 1.69. The average molecular weight is 493 g/mol. The summed E-state index contributed by atoms with van der Waals surface area (Å²) in [5, 5.41) is 3.01. The number of hydrogen-bond acceptors (Lipinski definition) is 4. The number of nitrogens with zero attached hydrogens (tertiary/aromatic N) is 1. The number of methoxy groups -OCH3 is 2. The highest BCUT2D eigenvalue weighted by molar-refractivity contribution is 6.04. The van der Waals surface area contributed by atoms with Gasteiger partial charge in [-0.15, -0.1) is 12.4 Å². The number of rotatable bonds is 10. The number of fused-ring (bicyclic) bond motifs is 1. The van der Waals surface area contributed by atoms with Gasteiger partial charge >= 0.3 is 0 Å². The molecule has 4 rings (SSSR count). The van der Waals surface area contributed by atoms with Crippen LogP contribution in [-0.2, 0) is 12.8 Å². The molecule has 3 aromatic rings. The quantitative estimate of drug-likeness (QED) is 0.364. The Morgan fingerprint density at radius 2 is 1.69 bits per heavy atom. The van der Waals surface area contributed by atoms with Crippen LogP contribution in [-0.4, -0.2) is 38.1 Å². The smallest absolute Gasteiger partial charge is 0.255 e. The van der Waals surface area contributed by atoms with Crippen molar-refractivity contribution < 1.29 is 14.3 Å². The van der Waals surface area contributed by atoms with Crippen molar-refractivity contribution in [1.82, 2.24) is 4.90 Å². The van der Waals surface area contributed by atoms with E-state index in [0.29, 0.717) is 5.56 Å². The molecule has 0 radical (unpaired) electrons. The fourth-order valence-electron chi connectivity index (χ4n) is 4.47. The first-order chi connectivity index (χ1) is 16.6. The first kappa shape index (κ1) is 26.2. The molecule has 1 aliphatic rings. The van der Waals surface area contributed by atoms with E-state index in [4.69, 9.17) is 9.47 Å². The van der Waals surface area contributed by atoms with Crippen LogP contribution in [0.25, 0.3) is 6.08 Å². The van der Waals surface area contributed by atoms with Crippen molar-refractivity contribution in [2.75, 3.05) is 32.6 Å². The van der Waals surface area contributed by atoms with Gasteiger partial charge in [0.1, 0.15) is 11.5 Å². The van der Waals surface area contributed by atoms with Gasteiger partial charge in [0.25, 0.3) is 5.91 Å². The van der Waals surface area contributed by atoms with Crippen molar-refractivity contribution in [1.29, 1.82) is 0 Å². The van der Waals surface area contributed by atoms with Gasteiger partial charge in [0.2, 0.25) is 0 Å². The normalized spacial score (nSPS) is 11.7. The molecule has 6 heteroatoms. The first-order valence-electron chi connectivity index (χ1n) is 11.8. The van der Waals surface area contributed by atoms with Gasteiger partial charge in [0.05, 0.1) is 14.2 Å². The molecule has 1 amide bonds. The molecule has 0 saturated carbocycles. The van der Waals surface area contributed by atoms with E-state index < -0.39 is 0 Å². The molecule has 5 nitrogen and oxygen atoms in total. The summed E-state index contributed by atoms with van der Waals surface area (Å²) in [5.41, 5.74) is 6.24. The molecule has 35 heavy (non-hydrogen) atoms. The monoisotopic (exact) mass is 492 g/mol. The number of allylic oxidation sites excluding steroid dienone is 1. The highest BCUT2D eigenvalue weighted by Gasteiger charge is 2.24. The molecule has 1 aliphatic carbocycles. The fourth-order valence-corrected chi connectivity index (χ4v) is 4.47. The van der Waals surface area contributed by atoms with Crippen LogP contribution in [0.1, 0.15) is 40.4 Å². The van der Waals surface area contributed by atoms with E-state index in [1.54, 1.807) is 14.2 Å². The minimum Gasteiger partial charge on any atom is -0.496 e. The third kappa shape index (κ3) is 6.17. The molecule has 0 atom stereocenters. The van der Waals surface area contributed by atoms with Crippen molar-refractivity contribution >= 4 is 30.1 Å². The second-order valence-electron chi connectivity index (χ2n) is 8.43. The van der Waals surface area contributed by atoms with Crippen LogP contribution in [0.4, 0.5) is 5.69 Å². The largest absolute Gasteiger partial charge is 0.496 e. The predicted octanol–water partition coefficient (Wildman–Crippen LogP) is 6.23. The van der Waals surface area contributed by atoms with Crippen LogP contribution in [0.3, 0.4) is 0 Å². The van der Waals surface area contributed by atoms with Crippen molar-refractivity contribution in [3.8, 4) is 11.5 Å². The first-order valence-corrected chi connectivity index (χ1v) is 11.8. The third-order valence-corrected chi connectivity index (χ3v) is 6.17. The zero-order chi connectivity index (χ0) is 23.9. The Morgan fingerprint density at radius 3 is 2.40 bits per heavy atom. The van der Waals surface area contributed by atoms with Crippen LogP contribution in [0.5, 0.6) is 11.5 Å². The number of ether oxygens (including phenoxy) is 2. The van der Waals surface area contributed by atoms with Crippen LogP contribution >= 0.6 is 12.4 Å². The molecule has 0 unspecified atom stereocenters. The molecule has 0 saturated heterocycles. The number of benzene rings is 3. The number of halogens is 1.